The third-order valence-corrected chi connectivity index (χ3v) is 6.77. The summed E-state index contributed by atoms with van der Waals surface area (Å²) in [6.45, 7) is 7.00. The Bertz CT molecular complexity index is 1370. The first-order chi connectivity index (χ1) is 16.5. The fourth-order valence-corrected chi connectivity index (χ4v) is 4.68. The first-order valence-electron chi connectivity index (χ1n) is 12.0. The molecule has 0 fully saturated rings. The molecule has 1 heterocycles. The maximum absolute atomic E-state index is 12.9. The highest BCUT2D eigenvalue weighted by Gasteiger charge is 2.38. The topological polar surface area (TPSA) is 67.8 Å². The van der Waals surface area contributed by atoms with Crippen molar-refractivity contribution in [2.45, 2.75) is 46.0 Å². The number of nitrogens with one attached hydrogen (secondary N) is 1. The number of unbranched alkanes of at least 4 members (excludes halogenated alkanes) is 1. The summed E-state index contributed by atoms with van der Waals surface area (Å²) in [7, 11) is 0. The Morgan fingerprint density at radius 1 is 1.03 bits per heavy atom. The largest absolute Gasteiger partial charge is 0.457 e. The summed E-state index contributed by atoms with van der Waals surface area (Å²) >= 11 is 0. The second-order valence-electron chi connectivity index (χ2n) is 8.94. The predicted molar refractivity (Wildman–Crippen MR) is 136 cm³/mol. The van der Waals surface area contributed by atoms with Gasteiger partial charge in [0.05, 0.1) is 5.71 Å². The van der Waals surface area contributed by atoms with Crippen LogP contribution >= 0.6 is 0 Å². The molecule has 1 atom stereocenters. The average molecular weight is 453 g/mol. The van der Waals surface area contributed by atoms with Crippen LogP contribution in [0.4, 0.5) is 0 Å². The van der Waals surface area contributed by atoms with Gasteiger partial charge in [-0.05, 0) is 54.2 Å². The molecule has 3 aromatic carbocycles. The molecule has 1 aliphatic heterocycles. The lowest BCUT2D eigenvalue weighted by atomic mass is 9.99. The SMILES string of the molecule is CCCCNC(=O)C1=C2C(=NC1=O)c1cccc3c(Oc4ccc(C(C)CC)cc4)ccc2c13. The lowest BCUT2D eigenvalue weighted by Gasteiger charge is -2.13. The number of hydrogen-bond acceptors (Lipinski definition) is 3. The maximum atomic E-state index is 12.9. The van der Waals surface area contributed by atoms with Gasteiger partial charge in [0.25, 0.3) is 11.8 Å². The zero-order valence-electron chi connectivity index (χ0n) is 19.8. The number of carbonyl (C=O) groups is 2. The van der Waals surface area contributed by atoms with Gasteiger partial charge in [-0.2, -0.15) is 0 Å². The van der Waals surface area contributed by atoms with Gasteiger partial charge in [-0.3, -0.25) is 9.59 Å². The number of nitrogens with zero attached hydrogens (tertiary/aromatic N) is 1. The highest BCUT2D eigenvalue weighted by Crippen LogP contribution is 2.46. The molecule has 5 rings (SSSR count). The molecule has 1 N–H and O–H groups in total. The molecule has 0 saturated heterocycles. The Kier molecular flexibility index (Phi) is 5.78. The van der Waals surface area contributed by atoms with Crippen LogP contribution in [-0.4, -0.2) is 24.1 Å². The molecule has 0 aromatic heterocycles. The van der Waals surface area contributed by atoms with Gasteiger partial charge in [-0.1, -0.05) is 57.5 Å². The highest BCUT2D eigenvalue weighted by molar-refractivity contribution is 6.53. The number of amides is 2. The number of rotatable bonds is 8. The first-order valence-corrected chi connectivity index (χ1v) is 12.0. The summed E-state index contributed by atoms with van der Waals surface area (Å²) in [4.78, 5) is 29.8. The summed E-state index contributed by atoms with van der Waals surface area (Å²) in [6, 6.07) is 18.0. The number of fused-ring (bicyclic) bond motifs is 3. The number of carbonyl (C=O) groups excluding carboxylic acids is 2. The van der Waals surface area contributed by atoms with E-state index in [-0.39, 0.29) is 11.5 Å². The molecule has 5 nitrogen and oxygen atoms in total. The van der Waals surface area contributed by atoms with Crippen LogP contribution in [0.3, 0.4) is 0 Å². The number of benzene rings is 3. The van der Waals surface area contributed by atoms with E-state index in [0.29, 0.717) is 23.7 Å². The van der Waals surface area contributed by atoms with Crippen LogP contribution in [0, 0.1) is 0 Å². The van der Waals surface area contributed by atoms with E-state index in [1.54, 1.807) is 0 Å². The number of allylic oxidation sites excluding steroid dienone is 1. The van der Waals surface area contributed by atoms with Crippen LogP contribution in [0.1, 0.15) is 62.6 Å². The average Bonchev–Trinajstić information content (AvgIpc) is 3.35. The molecule has 0 spiro atoms. The fraction of sp³-hybridized carbons (Fsp3) is 0.276. The quantitative estimate of drug-likeness (QED) is 0.329. The Hall–Kier alpha value is -3.73. The third-order valence-electron chi connectivity index (χ3n) is 6.77. The molecule has 5 heteroatoms. The molecule has 3 aromatic rings. The lowest BCUT2D eigenvalue weighted by Crippen LogP contribution is -2.28. The van der Waals surface area contributed by atoms with E-state index in [2.05, 4.69) is 43.2 Å². The first kappa shape index (κ1) is 22.1. The molecular weight excluding hydrogens is 424 g/mol. The second kappa shape index (κ2) is 8.90. The zero-order valence-corrected chi connectivity index (χ0v) is 19.8. The van der Waals surface area contributed by atoms with Crippen molar-refractivity contribution in [1.82, 2.24) is 5.32 Å². The van der Waals surface area contributed by atoms with Crippen molar-refractivity contribution < 1.29 is 14.3 Å². The minimum absolute atomic E-state index is 0.137. The monoisotopic (exact) mass is 452 g/mol. The molecule has 34 heavy (non-hydrogen) atoms. The van der Waals surface area contributed by atoms with E-state index >= 15 is 0 Å². The Morgan fingerprint density at radius 2 is 1.82 bits per heavy atom. The number of aliphatic imine (C=N–C) groups is 1. The number of hydrogen-bond donors (Lipinski definition) is 1. The van der Waals surface area contributed by atoms with Crippen molar-refractivity contribution in [2.75, 3.05) is 6.54 Å². The third kappa shape index (κ3) is 3.61. The van der Waals surface area contributed by atoms with Crippen molar-refractivity contribution in [3.63, 3.8) is 0 Å². The Balaban J connectivity index is 1.53. The van der Waals surface area contributed by atoms with E-state index in [9.17, 15) is 9.59 Å². The second-order valence-corrected chi connectivity index (χ2v) is 8.94. The minimum atomic E-state index is -0.469. The standard InChI is InChI=1S/C29H28N2O3/c1-4-6-16-30-28(32)26-25-21-14-15-23(34-19-12-10-18(11-13-19)17(3)5-2)20-8-7-9-22(24(20)21)27(25)31-29(26)33/h7-15,17H,4-6,16H2,1-3H3,(H,30,32). The summed E-state index contributed by atoms with van der Waals surface area (Å²) in [6.07, 6.45) is 2.93. The van der Waals surface area contributed by atoms with Crippen LogP contribution < -0.4 is 10.1 Å². The van der Waals surface area contributed by atoms with E-state index < -0.39 is 5.91 Å². The summed E-state index contributed by atoms with van der Waals surface area (Å²) in [5.41, 5.74) is 4.37. The molecule has 0 radical (unpaired) electrons. The maximum Gasteiger partial charge on any atom is 0.283 e. The summed E-state index contributed by atoms with van der Waals surface area (Å²) < 4.78 is 6.28. The van der Waals surface area contributed by atoms with Gasteiger partial charge >= 0.3 is 0 Å². The highest BCUT2D eigenvalue weighted by atomic mass is 16.5. The molecule has 0 bridgehead atoms. The van der Waals surface area contributed by atoms with Gasteiger partial charge in [0, 0.05) is 28.5 Å². The van der Waals surface area contributed by atoms with Crippen molar-refractivity contribution in [2.24, 2.45) is 4.99 Å². The van der Waals surface area contributed by atoms with Crippen LogP contribution in [-0.2, 0) is 9.59 Å². The van der Waals surface area contributed by atoms with E-state index in [0.717, 1.165) is 52.7 Å². The van der Waals surface area contributed by atoms with Gasteiger partial charge in [0.15, 0.2) is 0 Å². The zero-order chi connectivity index (χ0) is 23.8. The molecule has 2 amide bonds. The van der Waals surface area contributed by atoms with Crippen molar-refractivity contribution in [1.29, 1.82) is 0 Å². The smallest absolute Gasteiger partial charge is 0.283 e. The molecule has 2 aliphatic rings. The van der Waals surface area contributed by atoms with Gasteiger partial charge in [-0.15, -0.1) is 0 Å². The van der Waals surface area contributed by atoms with Gasteiger partial charge in [0.1, 0.15) is 17.1 Å². The molecule has 0 saturated carbocycles. The summed E-state index contributed by atoms with van der Waals surface area (Å²) in [5, 5.41) is 4.78. The molecular formula is C29H28N2O3. The molecule has 172 valence electrons. The lowest BCUT2D eigenvalue weighted by molar-refractivity contribution is -0.121. The predicted octanol–water partition coefficient (Wildman–Crippen LogP) is 6.16. The van der Waals surface area contributed by atoms with Crippen molar-refractivity contribution in [3.8, 4) is 11.5 Å². The van der Waals surface area contributed by atoms with Crippen molar-refractivity contribution >= 4 is 33.9 Å². The molecule has 1 unspecified atom stereocenters. The van der Waals surface area contributed by atoms with Gasteiger partial charge < -0.3 is 10.1 Å². The fourth-order valence-electron chi connectivity index (χ4n) is 4.68. The van der Waals surface area contributed by atoms with Gasteiger partial charge in [0.2, 0.25) is 0 Å². The van der Waals surface area contributed by atoms with Crippen molar-refractivity contribution in [3.05, 3.63) is 76.9 Å². The van der Waals surface area contributed by atoms with Crippen LogP contribution in [0.2, 0.25) is 0 Å². The van der Waals surface area contributed by atoms with Gasteiger partial charge in [-0.25, -0.2) is 4.99 Å². The van der Waals surface area contributed by atoms with E-state index in [1.165, 1.54) is 5.56 Å². The van der Waals surface area contributed by atoms with E-state index in [4.69, 9.17) is 4.74 Å². The number of ether oxygens (including phenoxy) is 1. The van der Waals surface area contributed by atoms with Crippen LogP contribution in [0.25, 0.3) is 16.3 Å². The summed E-state index contributed by atoms with van der Waals surface area (Å²) in [5.74, 6) is 1.20. The normalized spacial score (nSPS) is 14.9. The van der Waals surface area contributed by atoms with E-state index in [1.807, 2.05) is 42.5 Å². The Labute approximate surface area is 199 Å². The molecule has 1 aliphatic carbocycles. The van der Waals surface area contributed by atoms with Crippen LogP contribution in [0.5, 0.6) is 11.5 Å². The minimum Gasteiger partial charge on any atom is -0.457 e. The Morgan fingerprint density at radius 3 is 2.56 bits per heavy atom. The van der Waals surface area contributed by atoms with Crippen LogP contribution in [0.15, 0.2) is 65.2 Å².